The molecule has 0 spiro atoms. The van der Waals surface area contributed by atoms with Gasteiger partial charge in [-0.15, -0.1) is 0 Å². The zero-order valence-corrected chi connectivity index (χ0v) is 22.4. The molecule has 6 atom stereocenters. The molecular weight excluding hydrogens is 584 g/mol. The van der Waals surface area contributed by atoms with E-state index in [4.69, 9.17) is 9.47 Å². The van der Waals surface area contributed by atoms with Gasteiger partial charge >= 0.3 is 12.4 Å². The quantitative estimate of drug-likeness (QED) is 0.286. The van der Waals surface area contributed by atoms with Crippen LogP contribution in [0.4, 0.5) is 32.0 Å². The molecule has 2 N–H and O–H groups in total. The number of carbonyl (C=O) groups excluding carboxylic acids is 2. The van der Waals surface area contributed by atoms with E-state index < -0.39 is 76.5 Å². The van der Waals surface area contributed by atoms with Crippen molar-refractivity contribution >= 4 is 28.3 Å². The molecule has 228 valence electrons. The number of imide groups is 1. The van der Waals surface area contributed by atoms with Crippen molar-refractivity contribution in [2.75, 3.05) is 18.6 Å². The summed E-state index contributed by atoms with van der Waals surface area (Å²) in [6.07, 6.45) is -11.3. The first-order chi connectivity index (χ1) is 20.1. The smallest absolute Gasteiger partial charge is 0.416 e. The van der Waals surface area contributed by atoms with Gasteiger partial charge in [-0.1, -0.05) is 30.3 Å². The van der Waals surface area contributed by atoms with Crippen LogP contribution in [0.5, 0.6) is 5.75 Å². The number of anilines is 1. The largest absolute Gasteiger partial charge is 0.507 e. The average Bonchev–Trinajstić information content (AvgIpc) is 3.41. The molecule has 0 unspecified atom stereocenters. The van der Waals surface area contributed by atoms with E-state index in [-0.39, 0.29) is 31.3 Å². The molecule has 3 fully saturated rings. The van der Waals surface area contributed by atoms with E-state index in [9.17, 15) is 46.1 Å². The van der Waals surface area contributed by atoms with E-state index in [0.717, 1.165) is 0 Å². The van der Waals surface area contributed by atoms with E-state index in [1.807, 2.05) is 0 Å². The van der Waals surface area contributed by atoms with Crippen molar-refractivity contribution in [1.29, 1.82) is 0 Å². The maximum atomic E-state index is 13.8. The number of phenols is 1. The van der Waals surface area contributed by atoms with Crippen LogP contribution in [0.25, 0.3) is 10.8 Å². The molecule has 3 aromatic rings. The van der Waals surface area contributed by atoms with Crippen LogP contribution >= 0.6 is 0 Å². The zero-order chi connectivity index (χ0) is 31.1. The number of alkyl halides is 6. The van der Waals surface area contributed by atoms with E-state index in [0.29, 0.717) is 33.4 Å². The molecule has 0 radical (unpaired) electrons. The van der Waals surface area contributed by atoms with E-state index in [2.05, 4.69) is 0 Å². The highest BCUT2D eigenvalue weighted by molar-refractivity contribution is 6.22. The van der Waals surface area contributed by atoms with Crippen LogP contribution in [0.3, 0.4) is 0 Å². The first-order valence-electron chi connectivity index (χ1n) is 13.4. The Morgan fingerprint density at radius 1 is 0.930 bits per heavy atom. The van der Waals surface area contributed by atoms with Crippen molar-refractivity contribution < 1.29 is 55.6 Å². The second kappa shape index (κ2) is 9.93. The monoisotopic (exact) mass is 609 g/mol. The van der Waals surface area contributed by atoms with Crippen molar-refractivity contribution in [3.05, 3.63) is 71.3 Å². The fraction of sp³-hybridized carbons (Fsp3) is 0.400. The van der Waals surface area contributed by atoms with Crippen LogP contribution < -0.4 is 4.90 Å². The highest BCUT2D eigenvalue weighted by Gasteiger charge is 2.67. The number of ether oxygens (including phenoxy) is 2. The van der Waals surface area contributed by atoms with Gasteiger partial charge in [0.2, 0.25) is 11.8 Å². The number of benzene rings is 3. The van der Waals surface area contributed by atoms with E-state index >= 15 is 0 Å². The van der Waals surface area contributed by atoms with Crippen molar-refractivity contribution in [2.24, 2.45) is 23.7 Å². The van der Waals surface area contributed by atoms with Gasteiger partial charge in [-0.2, -0.15) is 26.3 Å². The molecule has 3 aliphatic rings. The minimum atomic E-state index is -5.18. The van der Waals surface area contributed by atoms with E-state index in [1.54, 1.807) is 30.3 Å². The van der Waals surface area contributed by atoms with Crippen LogP contribution in [-0.4, -0.2) is 41.5 Å². The first kappa shape index (κ1) is 29.4. The van der Waals surface area contributed by atoms with Gasteiger partial charge in [-0.05, 0) is 48.1 Å². The van der Waals surface area contributed by atoms with Gasteiger partial charge in [0.15, 0.2) is 5.79 Å². The summed E-state index contributed by atoms with van der Waals surface area (Å²) in [7, 11) is 1.36. The summed E-state index contributed by atoms with van der Waals surface area (Å²) < 4.78 is 93.0. The minimum absolute atomic E-state index is 0.00982. The fourth-order valence-corrected chi connectivity index (χ4v) is 6.98. The third-order valence-corrected chi connectivity index (χ3v) is 8.84. The molecule has 2 amide bonds. The highest BCUT2D eigenvalue weighted by atomic mass is 19.4. The number of amides is 2. The number of nitrogens with zero attached hydrogens (tertiary/aromatic N) is 1. The second-order valence-electron chi connectivity index (χ2n) is 11.2. The lowest BCUT2D eigenvalue weighted by Crippen LogP contribution is -2.54. The summed E-state index contributed by atoms with van der Waals surface area (Å²) in [5, 5.41) is 23.4. The summed E-state index contributed by atoms with van der Waals surface area (Å²) in [4.78, 5) is 27.8. The molecule has 13 heteroatoms. The molecule has 2 aliphatic heterocycles. The van der Waals surface area contributed by atoms with Crippen LogP contribution in [0.1, 0.15) is 35.6 Å². The standard InChI is InChI=1S/C30H25F6NO6/c1-42-13-16-11-21-25(22-12-24(43-28(16,22)41)20-6-7-23(38)19-5-3-2-4-18(19)20)27(40)37(26(21)39)17-9-14(29(31,32)33)8-15(10-17)30(34,35)36/h2-10,16,21-22,24-25,38,41H,11-13H2,1H3/t16-,21+,22+,24+,25+,28-/m1/s1. The third-order valence-electron chi connectivity index (χ3n) is 8.84. The third kappa shape index (κ3) is 4.64. The molecule has 6 rings (SSSR count). The fourth-order valence-electron chi connectivity index (χ4n) is 6.98. The van der Waals surface area contributed by atoms with Gasteiger partial charge in [0.05, 0.1) is 41.4 Å². The Morgan fingerprint density at radius 2 is 1.56 bits per heavy atom. The van der Waals surface area contributed by atoms with Crippen molar-refractivity contribution in [3.63, 3.8) is 0 Å². The number of rotatable bonds is 4. The van der Waals surface area contributed by atoms with Crippen molar-refractivity contribution in [3.8, 4) is 5.75 Å². The van der Waals surface area contributed by atoms with Crippen LogP contribution in [0.15, 0.2) is 54.6 Å². The summed E-state index contributed by atoms with van der Waals surface area (Å²) in [6, 6.07) is 10.6. The second-order valence-corrected chi connectivity index (χ2v) is 11.2. The van der Waals surface area contributed by atoms with Gasteiger partial charge in [-0.3, -0.25) is 14.5 Å². The number of aromatic hydroxyl groups is 1. The maximum absolute atomic E-state index is 13.8. The molecular formula is C30H25F6NO6. The normalized spacial score (nSPS) is 29.3. The Hall–Kier alpha value is -3.68. The Bertz CT molecular complexity index is 1590. The average molecular weight is 610 g/mol. The Labute approximate surface area is 240 Å². The van der Waals surface area contributed by atoms with Gasteiger partial charge in [0.1, 0.15) is 5.75 Å². The number of methoxy groups -OCH3 is 1. The molecule has 0 bridgehead atoms. The summed E-state index contributed by atoms with van der Waals surface area (Å²) in [6.45, 7) is -0.0947. The maximum Gasteiger partial charge on any atom is 0.416 e. The minimum Gasteiger partial charge on any atom is -0.507 e. The van der Waals surface area contributed by atoms with Crippen LogP contribution in [0, 0.1) is 23.7 Å². The molecule has 2 heterocycles. The van der Waals surface area contributed by atoms with Gasteiger partial charge in [0, 0.05) is 24.3 Å². The number of carbonyl (C=O) groups is 2. The van der Waals surface area contributed by atoms with Crippen molar-refractivity contribution in [1.82, 2.24) is 0 Å². The number of aliphatic hydroxyl groups is 1. The summed E-state index contributed by atoms with van der Waals surface area (Å²) in [5.74, 6) is -8.26. The molecule has 43 heavy (non-hydrogen) atoms. The SMILES string of the molecule is COC[C@H]1C[C@@H]2C(=O)N(c3cc(C(F)(F)F)cc(C(F)(F)F)c3)C(=O)[C@@H]2[C@@H]2C[C@@H](c3ccc(O)c4ccccc34)O[C@]12O. The predicted molar refractivity (Wildman–Crippen MR) is 138 cm³/mol. The number of phenolic OH excluding ortho intramolecular Hbond substituents is 1. The molecule has 0 aromatic heterocycles. The Morgan fingerprint density at radius 3 is 2.16 bits per heavy atom. The molecule has 2 saturated heterocycles. The number of halogens is 6. The van der Waals surface area contributed by atoms with Gasteiger partial charge in [-0.25, -0.2) is 0 Å². The molecule has 3 aromatic carbocycles. The first-order valence-corrected chi connectivity index (χ1v) is 13.4. The Kier molecular flexibility index (Phi) is 6.79. The van der Waals surface area contributed by atoms with E-state index in [1.165, 1.54) is 13.2 Å². The molecule has 1 aliphatic carbocycles. The highest BCUT2D eigenvalue weighted by Crippen LogP contribution is 2.59. The summed E-state index contributed by atoms with van der Waals surface area (Å²) >= 11 is 0. The van der Waals surface area contributed by atoms with Gasteiger partial charge in [0.25, 0.3) is 0 Å². The lowest BCUT2D eigenvalue weighted by atomic mass is 9.64. The topological polar surface area (TPSA) is 96.3 Å². The molecule has 1 saturated carbocycles. The van der Waals surface area contributed by atoms with Crippen molar-refractivity contribution in [2.45, 2.75) is 37.1 Å². The Balaban J connectivity index is 1.43. The predicted octanol–water partition coefficient (Wildman–Crippen LogP) is 5.82. The van der Waals surface area contributed by atoms with Gasteiger partial charge < -0.3 is 19.7 Å². The number of fused-ring (bicyclic) bond motifs is 4. The number of hydrogen-bond donors (Lipinski definition) is 2. The van der Waals surface area contributed by atoms with Crippen LogP contribution in [-0.2, 0) is 31.4 Å². The van der Waals surface area contributed by atoms with Crippen LogP contribution in [0.2, 0.25) is 0 Å². The summed E-state index contributed by atoms with van der Waals surface area (Å²) in [5.41, 5.74) is -3.58. The lowest BCUT2D eigenvalue weighted by molar-refractivity contribution is -0.275. The number of hydrogen-bond acceptors (Lipinski definition) is 6. The lowest BCUT2D eigenvalue weighted by Gasteiger charge is -2.44. The molecule has 7 nitrogen and oxygen atoms in total. The zero-order valence-electron chi connectivity index (χ0n) is 22.4.